The van der Waals surface area contributed by atoms with Gasteiger partial charge in [-0.25, -0.2) is 4.39 Å². The highest BCUT2D eigenvalue weighted by molar-refractivity contribution is 6.31. The van der Waals surface area contributed by atoms with Crippen molar-refractivity contribution < 1.29 is 9.50 Å². The average molecular weight is 148 g/mol. The van der Waals surface area contributed by atoms with Gasteiger partial charge in [-0.1, -0.05) is 11.6 Å². The van der Waals surface area contributed by atoms with Crippen LogP contribution in [0.15, 0.2) is 22.7 Å². The van der Waals surface area contributed by atoms with E-state index in [1.54, 1.807) is 0 Å². The van der Waals surface area contributed by atoms with Gasteiger partial charge in [-0.2, -0.15) is 0 Å². The Balaban J connectivity index is 2.88. The van der Waals surface area contributed by atoms with E-state index in [0.717, 1.165) is 0 Å². The van der Waals surface area contributed by atoms with Crippen molar-refractivity contribution >= 4 is 11.6 Å². The van der Waals surface area contributed by atoms with E-state index in [-0.39, 0.29) is 10.8 Å². The first-order chi connectivity index (χ1) is 4.22. The first kappa shape index (κ1) is 6.62. The second-order valence-corrected chi connectivity index (χ2v) is 2.10. The third-order valence-electron chi connectivity index (χ3n) is 1.04. The van der Waals surface area contributed by atoms with Crippen LogP contribution in [-0.2, 0) is 0 Å². The highest BCUT2D eigenvalue weighted by Crippen LogP contribution is 2.25. The normalized spacial score (nSPS) is 20.0. The number of rotatable bonds is 0. The second-order valence-electron chi connectivity index (χ2n) is 1.69. The van der Waals surface area contributed by atoms with E-state index in [0.29, 0.717) is 6.42 Å². The van der Waals surface area contributed by atoms with Crippen molar-refractivity contribution in [1.29, 1.82) is 0 Å². The largest absolute Gasteiger partial charge is 0.505 e. The molecule has 9 heavy (non-hydrogen) atoms. The lowest BCUT2D eigenvalue weighted by atomic mass is 10.1. The van der Waals surface area contributed by atoms with Crippen LogP contribution in [0.1, 0.15) is 6.42 Å². The van der Waals surface area contributed by atoms with Crippen molar-refractivity contribution in [2.24, 2.45) is 0 Å². The Morgan fingerprint density at radius 1 is 1.67 bits per heavy atom. The highest BCUT2D eigenvalue weighted by atomic mass is 35.5. The molecule has 0 atom stereocenters. The Labute approximate surface area is 57.4 Å². The number of allylic oxidation sites excluding steroid dienone is 3. The lowest BCUT2D eigenvalue weighted by Gasteiger charge is -2.05. The number of halogens is 2. The lowest BCUT2D eigenvalue weighted by molar-refractivity contribution is 0.383. The highest BCUT2D eigenvalue weighted by Gasteiger charge is 2.12. The van der Waals surface area contributed by atoms with Crippen LogP contribution >= 0.6 is 11.6 Å². The van der Waals surface area contributed by atoms with Gasteiger partial charge in [0.05, 0.1) is 5.03 Å². The van der Waals surface area contributed by atoms with E-state index in [1.807, 2.05) is 0 Å². The molecule has 1 nitrogen and oxygen atoms in total. The molecule has 1 aliphatic carbocycles. The predicted molar refractivity (Wildman–Crippen MR) is 33.6 cm³/mol. The molecule has 0 heterocycles. The Morgan fingerprint density at radius 3 is 2.78 bits per heavy atom. The fraction of sp³-hybridized carbons (Fsp3) is 0.167. The molecule has 49 valence electrons. The topological polar surface area (TPSA) is 20.2 Å². The molecule has 0 aromatic carbocycles. The van der Waals surface area contributed by atoms with E-state index in [1.165, 1.54) is 12.5 Å². The van der Waals surface area contributed by atoms with Gasteiger partial charge < -0.3 is 5.11 Å². The molecule has 1 aliphatic rings. The molecule has 0 saturated heterocycles. The Bertz CT molecular complexity index is 183. The van der Waals surface area contributed by atoms with Crippen LogP contribution in [0.2, 0.25) is 0 Å². The molecule has 1 N–H and O–H groups in total. The Hall–Kier alpha value is -0.500. The van der Waals surface area contributed by atoms with Crippen LogP contribution in [0, 0.1) is 6.42 Å². The third-order valence-corrected chi connectivity index (χ3v) is 1.36. The van der Waals surface area contributed by atoms with E-state index in [2.05, 4.69) is 0 Å². The summed E-state index contributed by atoms with van der Waals surface area (Å²) in [6.07, 6.45) is 3.36. The molecule has 0 spiro atoms. The molecule has 0 bridgehead atoms. The summed E-state index contributed by atoms with van der Waals surface area (Å²) in [6, 6.07) is 0. The van der Waals surface area contributed by atoms with Gasteiger partial charge in [0.25, 0.3) is 0 Å². The summed E-state index contributed by atoms with van der Waals surface area (Å²) in [5.74, 6) is -1.09. The minimum atomic E-state index is -0.733. The van der Waals surface area contributed by atoms with Crippen molar-refractivity contribution in [1.82, 2.24) is 0 Å². The molecule has 3 heteroatoms. The first-order valence-corrected chi connectivity index (χ1v) is 2.87. The molecule has 0 fully saturated rings. The summed E-state index contributed by atoms with van der Waals surface area (Å²) < 4.78 is 12.4. The van der Waals surface area contributed by atoms with Gasteiger partial charge in [-0.15, -0.1) is 0 Å². The number of aliphatic hydroxyl groups is 1. The van der Waals surface area contributed by atoms with Gasteiger partial charge in [0, 0.05) is 6.42 Å². The monoisotopic (exact) mass is 147 g/mol. The zero-order chi connectivity index (χ0) is 6.85. The molecular weight excluding hydrogens is 143 g/mol. The van der Waals surface area contributed by atoms with Crippen molar-refractivity contribution in [3.05, 3.63) is 29.1 Å². The average Bonchev–Trinajstić information content (AvgIpc) is 1.83. The van der Waals surface area contributed by atoms with E-state index in [4.69, 9.17) is 16.7 Å². The predicted octanol–water partition coefficient (Wildman–Crippen LogP) is 2.46. The third kappa shape index (κ3) is 1.24. The Morgan fingerprint density at radius 2 is 2.33 bits per heavy atom. The number of hydrogen-bond donors (Lipinski definition) is 1. The van der Waals surface area contributed by atoms with Crippen molar-refractivity contribution in [2.75, 3.05) is 0 Å². The maximum Gasteiger partial charge on any atom is 0.179 e. The van der Waals surface area contributed by atoms with E-state index in [9.17, 15) is 4.39 Å². The summed E-state index contributed by atoms with van der Waals surface area (Å²) in [7, 11) is 0. The van der Waals surface area contributed by atoms with Crippen LogP contribution in [-0.4, -0.2) is 5.11 Å². The molecule has 0 aromatic heterocycles. The molecule has 0 aliphatic heterocycles. The van der Waals surface area contributed by atoms with Crippen LogP contribution in [0.25, 0.3) is 0 Å². The van der Waals surface area contributed by atoms with Gasteiger partial charge in [-0.3, -0.25) is 0 Å². The van der Waals surface area contributed by atoms with Gasteiger partial charge in [0.1, 0.15) is 5.76 Å². The van der Waals surface area contributed by atoms with Crippen LogP contribution in [0.3, 0.4) is 0 Å². The van der Waals surface area contributed by atoms with Gasteiger partial charge in [0.15, 0.2) is 5.83 Å². The summed E-state index contributed by atoms with van der Waals surface area (Å²) >= 11 is 5.31. The van der Waals surface area contributed by atoms with Gasteiger partial charge in [0.2, 0.25) is 0 Å². The van der Waals surface area contributed by atoms with E-state index < -0.39 is 5.83 Å². The fourth-order valence-corrected chi connectivity index (χ4v) is 0.761. The van der Waals surface area contributed by atoms with Crippen LogP contribution < -0.4 is 0 Å². The maximum atomic E-state index is 12.4. The maximum absolute atomic E-state index is 12.4. The van der Waals surface area contributed by atoms with Gasteiger partial charge in [-0.05, 0) is 12.5 Å². The summed E-state index contributed by atoms with van der Waals surface area (Å²) in [4.78, 5) is 0. The molecule has 0 unspecified atom stereocenters. The molecule has 1 radical (unpaired) electrons. The van der Waals surface area contributed by atoms with Crippen molar-refractivity contribution in [3.8, 4) is 0 Å². The van der Waals surface area contributed by atoms with Gasteiger partial charge >= 0.3 is 0 Å². The molecular formula is C6H5ClFO. The summed E-state index contributed by atoms with van der Waals surface area (Å²) in [5, 5.41) is 8.67. The quantitative estimate of drug-likeness (QED) is 0.558. The van der Waals surface area contributed by atoms with E-state index >= 15 is 0 Å². The molecule has 0 saturated carbocycles. The minimum absolute atomic E-state index is 0.00463. The SMILES string of the molecule is OC1=CC[CH]C(Cl)=C1F. The second kappa shape index (κ2) is 2.40. The molecule has 0 aromatic rings. The van der Waals surface area contributed by atoms with Crippen LogP contribution in [0.4, 0.5) is 4.39 Å². The Kier molecular flexibility index (Phi) is 1.76. The molecule has 1 rings (SSSR count). The zero-order valence-electron chi connectivity index (χ0n) is 4.56. The first-order valence-electron chi connectivity index (χ1n) is 2.50. The number of aliphatic hydroxyl groups excluding tert-OH is 1. The van der Waals surface area contributed by atoms with Crippen LogP contribution in [0.5, 0.6) is 0 Å². The van der Waals surface area contributed by atoms with Crippen molar-refractivity contribution in [3.63, 3.8) is 0 Å². The number of hydrogen-bond acceptors (Lipinski definition) is 1. The summed E-state index contributed by atoms with van der Waals surface area (Å²) in [6.45, 7) is 0. The molecule has 0 amide bonds. The fourth-order valence-electron chi connectivity index (χ4n) is 0.576. The lowest BCUT2D eigenvalue weighted by Crippen LogP contribution is -1.92. The standard InChI is InChI=1S/C6H5ClFO/c7-4-2-1-3-5(9)6(4)8/h2-3,9H,1H2. The zero-order valence-corrected chi connectivity index (χ0v) is 5.32. The minimum Gasteiger partial charge on any atom is -0.505 e. The smallest absolute Gasteiger partial charge is 0.179 e. The van der Waals surface area contributed by atoms with Crippen molar-refractivity contribution in [2.45, 2.75) is 6.42 Å². The summed E-state index contributed by atoms with van der Waals surface area (Å²) in [5.41, 5.74) is 0.